The van der Waals surface area contributed by atoms with Crippen molar-refractivity contribution in [3.8, 4) is 0 Å². The fourth-order valence-electron chi connectivity index (χ4n) is 1.75. The normalized spacial score (nSPS) is 12.8. The highest BCUT2D eigenvalue weighted by molar-refractivity contribution is 5.69. The Kier molecular flexibility index (Phi) is 5.02. The number of aromatic nitrogens is 2. The fourth-order valence-corrected chi connectivity index (χ4v) is 1.75. The van der Waals surface area contributed by atoms with Gasteiger partial charge in [-0.3, -0.25) is 0 Å². The first kappa shape index (κ1) is 12.7. The van der Waals surface area contributed by atoms with Crippen LogP contribution < -0.4 is 4.84 Å². The summed E-state index contributed by atoms with van der Waals surface area (Å²) in [6.45, 7) is 6.56. The number of hydrogen-bond donors (Lipinski definition) is 0. The van der Waals surface area contributed by atoms with Gasteiger partial charge in [0.15, 0.2) is 0 Å². The zero-order valence-corrected chi connectivity index (χ0v) is 10.2. The van der Waals surface area contributed by atoms with Gasteiger partial charge in [0.2, 0.25) is 0 Å². The van der Waals surface area contributed by atoms with Crippen molar-refractivity contribution in [3.05, 3.63) is 18.7 Å². The maximum Gasteiger partial charge on any atom is 0.332 e. The van der Waals surface area contributed by atoms with Crippen molar-refractivity contribution in [1.82, 2.24) is 9.71 Å². The first-order valence-corrected chi connectivity index (χ1v) is 5.77. The van der Waals surface area contributed by atoms with Gasteiger partial charge in [0.25, 0.3) is 0 Å². The lowest BCUT2D eigenvalue weighted by Crippen LogP contribution is -2.18. The maximum absolute atomic E-state index is 11.4. The molecule has 1 aromatic rings. The average molecular weight is 224 g/mol. The highest BCUT2D eigenvalue weighted by atomic mass is 16.7. The van der Waals surface area contributed by atoms with E-state index in [2.05, 4.69) is 25.8 Å². The number of carbonyl (C=O) groups is 1. The van der Waals surface area contributed by atoms with Gasteiger partial charge < -0.3 is 4.84 Å². The largest absolute Gasteiger partial charge is 0.336 e. The second-order valence-electron chi connectivity index (χ2n) is 4.66. The summed E-state index contributed by atoms with van der Waals surface area (Å²) in [5, 5.41) is 0. The lowest BCUT2D eigenvalue weighted by Gasteiger charge is -2.12. The number of rotatable bonds is 6. The molecule has 0 saturated carbocycles. The molecule has 4 nitrogen and oxygen atoms in total. The van der Waals surface area contributed by atoms with E-state index >= 15 is 0 Å². The summed E-state index contributed by atoms with van der Waals surface area (Å²) in [5.74, 6) is 1.05. The van der Waals surface area contributed by atoms with Crippen LogP contribution in [0.2, 0.25) is 0 Å². The SMILES string of the molecule is CC(C)CC(C)CCC(=O)On1ccnc1. The molecule has 0 aromatic carbocycles. The summed E-state index contributed by atoms with van der Waals surface area (Å²) >= 11 is 0. The molecule has 90 valence electrons. The first-order chi connectivity index (χ1) is 7.58. The summed E-state index contributed by atoms with van der Waals surface area (Å²) in [5.41, 5.74) is 0. The number of nitrogens with zero attached hydrogens (tertiary/aromatic N) is 2. The Labute approximate surface area is 96.6 Å². The lowest BCUT2D eigenvalue weighted by molar-refractivity contribution is -0.144. The maximum atomic E-state index is 11.4. The molecule has 1 rings (SSSR count). The Bertz CT molecular complexity index is 307. The Morgan fingerprint density at radius 3 is 2.75 bits per heavy atom. The van der Waals surface area contributed by atoms with E-state index in [0.717, 1.165) is 12.8 Å². The zero-order valence-electron chi connectivity index (χ0n) is 10.2. The van der Waals surface area contributed by atoms with Crippen LogP contribution >= 0.6 is 0 Å². The predicted octanol–water partition coefficient (Wildman–Crippen LogP) is 2.30. The van der Waals surface area contributed by atoms with Crippen molar-refractivity contribution >= 4 is 5.97 Å². The van der Waals surface area contributed by atoms with Crippen LogP contribution in [0.25, 0.3) is 0 Å². The highest BCUT2D eigenvalue weighted by Crippen LogP contribution is 2.16. The molecule has 0 saturated heterocycles. The van der Waals surface area contributed by atoms with Crippen molar-refractivity contribution in [2.45, 2.75) is 40.0 Å². The van der Waals surface area contributed by atoms with Crippen LogP contribution in [-0.4, -0.2) is 15.7 Å². The van der Waals surface area contributed by atoms with Crippen molar-refractivity contribution in [2.24, 2.45) is 11.8 Å². The molecule has 0 aliphatic heterocycles. The molecule has 0 fully saturated rings. The number of imidazole rings is 1. The standard InChI is InChI=1S/C12H20N2O2/c1-10(2)8-11(3)4-5-12(15)16-14-7-6-13-9-14/h6-7,9-11H,4-5,8H2,1-3H3. The zero-order chi connectivity index (χ0) is 12.0. The Hall–Kier alpha value is -1.32. The highest BCUT2D eigenvalue weighted by Gasteiger charge is 2.10. The van der Waals surface area contributed by atoms with E-state index < -0.39 is 0 Å². The second kappa shape index (κ2) is 6.30. The van der Waals surface area contributed by atoms with Gasteiger partial charge in [-0.25, -0.2) is 9.78 Å². The van der Waals surface area contributed by atoms with Crippen molar-refractivity contribution in [2.75, 3.05) is 0 Å². The Morgan fingerprint density at radius 2 is 2.19 bits per heavy atom. The molecule has 0 aliphatic carbocycles. The van der Waals surface area contributed by atoms with Crippen LogP contribution in [0, 0.1) is 11.8 Å². The van der Waals surface area contributed by atoms with Gasteiger partial charge in [-0.2, -0.15) is 4.73 Å². The quantitative estimate of drug-likeness (QED) is 0.744. The van der Waals surface area contributed by atoms with Crippen molar-refractivity contribution < 1.29 is 9.63 Å². The van der Waals surface area contributed by atoms with E-state index in [4.69, 9.17) is 4.84 Å². The fraction of sp³-hybridized carbons (Fsp3) is 0.667. The molecule has 0 spiro atoms. The second-order valence-corrected chi connectivity index (χ2v) is 4.66. The molecule has 0 radical (unpaired) electrons. The molecule has 0 bridgehead atoms. The van der Waals surface area contributed by atoms with Crippen LogP contribution in [0.5, 0.6) is 0 Å². The van der Waals surface area contributed by atoms with Crippen LogP contribution in [0.3, 0.4) is 0 Å². The molecule has 1 aromatic heterocycles. The van der Waals surface area contributed by atoms with Gasteiger partial charge in [-0.05, 0) is 24.7 Å². The van der Waals surface area contributed by atoms with Gasteiger partial charge in [0.1, 0.15) is 6.33 Å². The minimum absolute atomic E-state index is 0.200. The molecule has 0 N–H and O–H groups in total. The van der Waals surface area contributed by atoms with E-state index in [0.29, 0.717) is 18.3 Å². The smallest absolute Gasteiger partial charge is 0.332 e. The van der Waals surface area contributed by atoms with Gasteiger partial charge in [0, 0.05) is 12.6 Å². The Morgan fingerprint density at radius 1 is 1.44 bits per heavy atom. The third-order valence-corrected chi connectivity index (χ3v) is 2.40. The van der Waals surface area contributed by atoms with Crippen LogP contribution in [-0.2, 0) is 4.79 Å². The molecular weight excluding hydrogens is 204 g/mol. The van der Waals surface area contributed by atoms with E-state index in [-0.39, 0.29) is 5.97 Å². The molecule has 1 unspecified atom stereocenters. The molecule has 4 heteroatoms. The summed E-state index contributed by atoms with van der Waals surface area (Å²) in [4.78, 5) is 20.3. The minimum Gasteiger partial charge on any atom is -0.336 e. The lowest BCUT2D eigenvalue weighted by atomic mass is 9.95. The average Bonchev–Trinajstić information content (AvgIpc) is 2.66. The first-order valence-electron chi connectivity index (χ1n) is 5.77. The van der Waals surface area contributed by atoms with E-state index in [1.165, 1.54) is 11.1 Å². The van der Waals surface area contributed by atoms with Crippen LogP contribution in [0.1, 0.15) is 40.0 Å². The molecular formula is C12H20N2O2. The van der Waals surface area contributed by atoms with Gasteiger partial charge in [0.05, 0.1) is 6.20 Å². The minimum atomic E-state index is -0.200. The summed E-state index contributed by atoms with van der Waals surface area (Å²) < 4.78 is 1.33. The third-order valence-electron chi connectivity index (χ3n) is 2.40. The molecule has 0 amide bonds. The van der Waals surface area contributed by atoms with Gasteiger partial charge in [-0.1, -0.05) is 20.8 Å². The summed E-state index contributed by atoms with van der Waals surface area (Å²) in [6.07, 6.45) is 7.15. The van der Waals surface area contributed by atoms with E-state index in [1.54, 1.807) is 12.4 Å². The van der Waals surface area contributed by atoms with E-state index in [9.17, 15) is 4.79 Å². The monoisotopic (exact) mass is 224 g/mol. The summed E-state index contributed by atoms with van der Waals surface area (Å²) in [7, 11) is 0. The van der Waals surface area contributed by atoms with Gasteiger partial charge >= 0.3 is 5.97 Å². The molecule has 1 heterocycles. The molecule has 1 atom stereocenters. The predicted molar refractivity (Wildman–Crippen MR) is 61.7 cm³/mol. The number of carbonyl (C=O) groups excluding carboxylic acids is 1. The summed E-state index contributed by atoms with van der Waals surface area (Å²) in [6, 6.07) is 0. The Balaban J connectivity index is 2.20. The number of hydrogen-bond acceptors (Lipinski definition) is 3. The van der Waals surface area contributed by atoms with Crippen LogP contribution in [0.4, 0.5) is 0 Å². The van der Waals surface area contributed by atoms with Gasteiger partial charge in [-0.15, -0.1) is 0 Å². The molecule has 0 aliphatic rings. The van der Waals surface area contributed by atoms with Crippen molar-refractivity contribution in [3.63, 3.8) is 0 Å². The van der Waals surface area contributed by atoms with E-state index in [1.807, 2.05) is 0 Å². The van der Waals surface area contributed by atoms with Crippen LogP contribution in [0.15, 0.2) is 18.7 Å². The molecule has 16 heavy (non-hydrogen) atoms. The van der Waals surface area contributed by atoms with Crippen molar-refractivity contribution in [1.29, 1.82) is 0 Å². The topological polar surface area (TPSA) is 44.1 Å². The third kappa shape index (κ3) is 4.96.